The summed E-state index contributed by atoms with van der Waals surface area (Å²) < 4.78 is 0. The number of non-ortho nitro benzene ring substituents is 1. The van der Waals surface area contributed by atoms with Gasteiger partial charge in [-0.3, -0.25) is 14.9 Å². The Morgan fingerprint density at radius 3 is 2.67 bits per heavy atom. The summed E-state index contributed by atoms with van der Waals surface area (Å²) in [6, 6.07) is 5.86. The summed E-state index contributed by atoms with van der Waals surface area (Å²) in [5.74, 6) is -0.0509. The highest BCUT2D eigenvalue weighted by Crippen LogP contribution is 2.17. The van der Waals surface area contributed by atoms with Crippen LogP contribution in [0.1, 0.15) is 12.8 Å². The SMILES string of the molecule is O=C(Nc1ccc([N+](=O)[O-])cc1)[C@H]1CCCNC1. The number of piperidine rings is 1. The summed E-state index contributed by atoms with van der Waals surface area (Å²) >= 11 is 0. The minimum absolute atomic E-state index is 0.0195. The van der Waals surface area contributed by atoms with Crippen molar-refractivity contribution in [2.75, 3.05) is 18.4 Å². The number of hydrogen-bond acceptors (Lipinski definition) is 4. The molecule has 0 aromatic heterocycles. The van der Waals surface area contributed by atoms with E-state index in [1.54, 1.807) is 12.1 Å². The average Bonchev–Trinajstić information content (AvgIpc) is 2.40. The Kier molecular flexibility index (Phi) is 3.88. The third-order valence-corrected chi connectivity index (χ3v) is 3.01. The van der Waals surface area contributed by atoms with E-state index in [-0.39, 0.29) is 17.5 Å². The molecule has 96 valence electrons. The second-order valence-electron chi connectivity index (χ2n) is 4.34. The number of nitro groups is 1. The molecule has 6 nitrogen and oxygen atoms in total. The van der Waals surface area contributed by atoms with Crippen LogP contribution >= 0.6 is 0 Å². The Labute approximate surface area is 105 Å². The molecule has 1 aromatic carbocycles. The van der Waals surface area contributed by atoms with Gasteiger partial charge in [-0.2, -0.15) is 0 Å². The molecule has 1 atom stereocenters. The first-order valence-corrected chi connectivity index (χ1v) is 5.93. The normalized spacial score (nSPS) is 19.2. The van der Waals surface area contributed by atoms with Gasteiger partial charge in [0.1, 0.15) is 0 Å². The molecule has 1 saturated heterocycles. The van der Waals surface area contributed by atoms with Crippen LogP contribution in [0.25, 0.3) is 0 Å². The number of nitrogens with one attached hydrogen (secondary N) is 2. The summed E-state index contributed by atoms with van der Waals surface area (Å²) in [4.78, 5) is 21.9. The van der Waals surface area contributed by atoms with Crippen molar-refractivity contribution >= 4 is 17.3 Å². The molecule has 1 heterocycles. The van der Waals surface area contributed by atoms with E-state index in [1.165, 1.54) is 12.1 Å². The number of nitro benzene ring substituents is 1. The summed E-state index contributed by atoms with van der Waals surface area (Å²) in [6.45, 7) is 1.65. The number of hydrogen-bond donors (Lipinski definition) is 2. The molecular formula is C12H15N3O3. The molecule has 2 N–H and O–H groups in total. The average molecular weight is 249 g/mol. The van der Waals surface area contributed by atoms with Gasteiger partial charge in [0.15, 0.2) is 0 Å². The number of carbonyl (C=O) groups excluding carboxylic acids is 1. The molecule has 1 aliphatic rings. The largest absolute Gasteiger partial charge is 0.326 e. The predicted octanol–water partition coefficient (Wildman–Crippen LogP) is 1.53. The first kappa shape index (κ1) is 12.5. The number of anilines is 1. The fourth-order valence-corrected chi connectivity index (χ4v) is 1.99. The molecule has 0 spiro atoms. The van der Waals surface area contributed by atoms with Crippen LogP contribution in [0, 0.1) is 16.0 Å². The minimum Gasteiger partial charge on any atom is -0.326 e. The fourth-order valence-electron chi connectivity index (χ4n) is 1.99. The van der Waals surface area contributed by atoms with Crippen LogP contribution in [0.4, 0.5) is 11.4 Å². The number of benzene rings is 1. The fraction of sp³-hybridized carbons (Fsp3) is 0.417. The van der Waals surface area contributed by atoms with Crippen LogP contribution in [0.5, 0.6) is 0 Å². The van der Waals surface area contributed by atoms with Gasteiger partial charge in [0.05, 0.1) is 10.8 Å². The van der Waals surface area contributed by atoms with E-state index >= 15 is 0 Å². The van der Waals surface area contributed by atoms with Crippen LogP contribution in [0.15, 0.2) is 24.3 Å². The molecule has 1 fully saturated rings. The van der Waals surface area contributed by atoms with Crippen LogP contribution in [-0.2, 0) is 4.79 Å². The molecule has 0 bridgehead atoms. The topological polar surface area (TPSA) is 84.3 Å². The summed E-state index contributed by atoms with van der Waals surface area (Å²) in [7, 11) is 0. The number of rotatable bonds is 3. The quantitative estimate of drug-likeness (QED) is 0.628. The van der Waals surface area contributed by atoms with Crippen molar-refractivity contribution in [2.24, 2.45) is 5.92 Å². The summed E-state index contributed by atoms with van der Waals surface area (Å²) in [5, 5.41) is 16.4. The van der Waals surface area contributed by atoms with Gasteiger partial charge in [-0.25, -0.2) is 0 Å². The Hall–Kier alpha value is -1.95. The predicted molar refractivity (Wildman–Crippen MR) is 67.3 cm³/mol. The molecule has 1 aliphatic heterocycles. The van der Waals surface area contributed by atoms with E-state index in [0.717, 1.165) is 19.4 Å². The maximum atomic E-state index is 11.9. The van der Waals surface area contributed by atoms with E-state index in [0.29, 0.717) is 12.2 Å². The highest BCUT2D eigenvalue weighted by atomic mass is 16.6. The van der Waals surface area contributed by atoms with Crippen molar-refractivity contribution in [3.63, 3.8) is 0 Å². The van der Waals surface area contributed by atoms with Gasteiger partial charge in [0.25, 0.3) is 5.69 Å². The molecule has 0 unspecified atom stereocenters. The Morgan fingerprint density at radius 2 is 2.11 bits per heavy atom. The maximum absolute atomic E-state index is 11.9. The van der Waals surface area contributed by atoms with Crippen molar-refractivity contribution in [2.45, 2.75) is 12.8 Å². The first-order chi connectivity index (χ1) is 8.66. The van der Waals surface area contributed by atoms with Gasteiger partial charge in [0, 0.05) is 24.4 Å². The summed E-state index contributed by atoms with van der Waals surface area (Å²) in [5.41, 5.74) is 0.614. The van der Waals surface area contributed by atoms with E-state index in [1.807, 2.05) is 0 Å². The summed E-state index contributed by atoms with van der Waals surface area (Å²) in [6.07, 6.45) is 1.88. The molecule has 0 radical (unpaired) electrons. The van der Waals surface area contributed by atoms with Crippen molar-refractivity contribution in [1.82, 2.24) is 5.32 Å². The molecule has 6 heteroatoms. The zero-order valence-electron chi connectivity index (χ0n) is 9.89. The van der Waals surface area contributed by atoms with Gasteiger partial charge < -0.3 is 10.6 Å². The van der Waals surface area contributed by atoms with Gasteiger partial charge in [-0.15, -0.1) is 0 Å². The third kappa shape index (κ3) is 3.04. The van der Waals surface area contributed by atoms with Crippen molar-refractivity contribution in [3.05, 3.63) is 34.4 Å². The van der Waals surface area contributed by atoms with E-state index in [4.69, 9.17) is 0 Å². The van der Waals surface area contributed by atoms with E-state index < -0.39 is 4.92 Å². The maximum Gasteiger partial charge on any atom is 0.269 e. The zero-order chi connectivity index (χ0) is 13.0. The molecule has 1 amide bonds. The van der Waals surface area contributed by atoms with Crippen LogP contribution in [0.3, 0.4) is 0 Å². The van der Waals surface area contributed by atoms with Gasteiger partial charge in [0.2, 0.25) is 5.91 Å². The molecule has 2 rings (SSSR count). The van der Waals surface area contributed by atoms with E-state index in [9.17, 15) is 14.9 Å². The van der Waals surface area contributed by atoms with Crippen molar-refractivity contribution in [1.29, 1.82) is 0 Å². The lowest BCUT2D eigenvalue weighted by Gasteiger charge is -2.21. The van der Waals surface area contributed by atoms with Crippen LogP contribution in [0.2, 0.25) is 0 Å². The van der Waals surface area contributed by atoms with Gasteiger partial charge >= 0.3 is 0 Å². The molecular weight excluding hydrogens is 234 g/mol. The molecule has 0 aliphatic carbocycles. The second-order valence-corrected chi connectivity index (χ2v) is 4.34. The van der Waals surface area contributed by atoms with Crippen LogP contribution in [-0.4, -0.2) is 23.9 Å². The minimum atomic E-state index is -0.462. The highest BCUT2D eigenvalue weighted by molar-refractivity contribution is 5.92. The van der Waals surface area contributed by atoms with Gasteiger partial charge in [-0.1, -0.05) is 0 Å². The Balaban J connectivity index is 1.96. The highest BCUT2D eigenvalue weighted by Gasteiger charge is 2.20. The lowest BCUT2D eigenvalue weighted by atomic mass is 9.99. The number of nitrogens with zero attached hydrogens (tertiary/aromatic N) is 1. The third-order valence-electron chi connectivity index (χ3n) is 3.01. The lowest BCUT2D eigenvalue weighted by Crippen LogP contribution is -2.37. The number of amides is 1. The zero-order valence-corrected chi connectivity index (χ0v) is 9.89. The number of carbonyl (C=O) groups is 1. The van der Waals surface area contributed by atoms with Crippen molar-refractivity contribution < 1.29 is 9.72 Å². The molecule has 18 heavy (non-hydrogen) atoms. The monoisotopic (exact) mass is 249 g/mol. The molecule has 1 aromatic rings. The van der Waals surface area contributed by atoms with Crippen molar-refractivity contribution in [3.8, 4) is 0 Å². The second kappa shape index (κ2) is 5.59. The van der Waals surface area contributed by atoms with Crippen LogP contribution < -0.4 is 10.6 Å². The molecule has 0 saturated carbocycles. The van der Waals surface area contributed by atoms with E-state index in [2.05, 4.69) is 10.6 Å². The Bertz CT molecular complexity index is 438. The van der Waals surface area contributed by atoms with Gasteiger partial charge in [-0.05, 0) is 31.5 Å². The Morgan fingerprint density at radius 1 is 1.39 bits per heavy atom. The smallest absolute Gasteiger partial charge is 0.269 e. The lowest BCUT2D eigenvalue weighted by molar-refractivity contribution is -0.384. The first-order valence-electron chi connectivity index (χ1n) is 5.93. The standard InChI is InChI=1S/C12H15N3O3/c16-12(9-2-1-7-13-8-9)14-10-3-5-11(6-4-10)15(17)18/h3-6,9,13H,1-2,7-8H2,(H,14,16)/t9-/m0/s1.